The van der Waals surface area contributed by atoms with Gasteiger partial charge in [-0.25, -0.2) is 4.98 Å². The van der Waals surface area contributed by atoms with Crippen LogP contribution in [0.3, 0.4) is 0 Å². The van der Waals surface area contributed by atoms with Gasteiger partial charge >= 0.3 is 6.18 Å². The van der Waals surface area contributed by atoms with Gasteiger partial charge in [-0.1, -0.05) is 6.07 Å². The van der Waals surface area contributed by atoms with Crippen LogP contribution in [0.15, 0.2) is 23.6 Å². The van der Waals surface area contributed by atoms with E-state index in [1.54, 1.807) is 5.38 Å². The molecule has 0 fully saturated rings. The fraction of sp³-hybridized carbons (Fsp3) is 0.286. The topological polar surface area (TPSA) is 68.0 Å². The molecule has 0 aliphatic heterocycles. The number of halogens is 4. The van der Waals surface area contributed by atoms with E-state index < -0.39 is 17.6 Å². The lowest BCUT2D eigenvalue weighted by atomic mass is 10.1. The maximum Gasteiger partial charge on any atom is 0.416 e. The summed E-state index contributed by atoms with van der Waals surface area (Å²) in [5.74, 6) is -0.545. The zero-order valence-corrected chi connectivity index (χ0v) is 13.7. The van der Waals surface area contributed by atoms with Crippen LogP contribution in [0.2, 0.25) is 0 Å². The Kier molecular flexibility index (Phi) is 6.55. The zero-order valence-electron chi connectivity index (χ0n) is 12.1. The lowest BCUT2D eigenvalue weighted by Crippen LogP contribution is -2.14. The fourth-order valence-electron chi connectivity index (χ4n) is 1.85. The van der Waals surface area contributed by atoms with Crippen LogP contribution in [0.25, 0.3) is 0 Å². The van der Waals surface area contributed by atoms with Crippen molar-refractivity contribution < 1.29 is 18.0 Å². The maximum atomic E-state index is 12.8. The molecule has 3 N–H and O–H groups in total. The van der Waals surface area contributed by atoms with Crippen LogP contribution in [0, 0.1) is 6.92 Å². The molecule has 2 rings (SSSR count). The van der Waals surface area contributed by atoms with Crippen LogP contribution in [-0.4, -0.2) is 17.4 Å². The summed E-state index contributed by atoms with van der Waals surface area (Å²) in [5.41, 5.74) is 4.98. The minimum atomic E-state index is -4.46. The van der Waals surface area contributed by atoms with Gasteiger partial charge < -0.3 is 11.1 Å². The Balaban J connectivity index is 0.00000264. The first-order valence-electron chi connectivity index (χ1n) is 6.45. The molecule has 23 heavy (non-hydrogen) atoms. The Bertz CT molecular complexity index is 688. The molecule has 126 valence electrons. The van der Waals surface area contributed by atoms with Gasteiger partial charge in [0.1, 0.15) is 5.69 Å². The molecular formula is C14H15ClF3N3OS. The van der Waals surface area contributed by atoms with Crippen molar-refractivity contribution in [3.63, 3.8) is 0 Å². The van der Waals surface area contributed by atoms with Gasteiger partial charge in [0, 0.05) is 17.5 Å². The van der Waals surface area contributed by atoms with Crippen LogP contribution in [0.5, 0.6) is 0 Å². The van der Waals surface area contributed by atoms with Crippen molar-refractivity contribution in [1.82, 2.24) is 4.98 Å². The highest BCUT2D eigenvalue weighted by Crippen LogP contribution is 2.33. The highest BCUT2D eigenvalue weighted by Gasteiger charge is 2.32. The number of thiazole rings is 1. The molecule has 0 aliphatic carbocycles. The minimum absolute atomic E-state index is 0. The van der Waals surface area contributed by atoms with E-state index in [2.05, 4.69) is 10.3 Å². The molecule has 0 spiro atoms. The van der Waals surface area contributed by atoms with Crippen molar-refractivity contribution in [1.29, 1.82) is 0 Å². The smallest absolute Gasteiger partial charge is 0.330 e. The van der Waals surface area contributed by atoms with Gasteiger partial charge in [0.05, 0.1) is 10.6 Å². The van der Waals surface area contributed by atoms with E-state index in [-0.39, 0.29) is 29.4 Å². The number of nitrogens with two attached hydrogens (primary N) is 1. The predicted octanol–water partition coefficient (Wildman–Crippen LogP) is 3.65. The molecule has 0 saturated heterocycles. The van der Waals surface area contributed by atoms with Crippen molar-refractivity contribution in [2.75, 3.05) is 11.9 Å². The molecule has 0 atom stereocenters. The molecule has 0 aliphatic rings. The summed E-state index contributed by atoms with van der Waals surface area (Å²) in [6.07, 6.45) is -3.90. The van der Waals surface area contributed by atoms with Crippen molar-refractivity contribution in [3.8, 4) is 0 Å². The number of amides is 1. The number of carbonyl (C=O) groups excluding carboxylic acids is 1. The molecule has 1 amide bonds. The number of anilines is 1. The van der Waals surface area contributed by atoms with Gasteiger partial charge in [-0.15, -0.1) is 23.7 Å². The molecule has 0 bridgehead atoms. The SMILES string of the molecule is Cc1ccc(NC(=O)c2csc(CCN)n2)cc1C(F)(F)F.Cl. The molecule has 1 aromatic heterocycles. The monoisotopic (exact) mass is 365 g/mol. The number of nitrogens with zero attached hydrogens (tertiary/aromatic N) is 1. The molecule has 0 unspecified atom stereocenters. The third-order valence-electron chi connectivity index (χ3n) is 2.94. The Morgan fingerprint density at radius 3 is 2.70 bits per heavy atom. The van der Waals surface area contributed by atoms with Crippen molar-refractivity contribution in [2.24, 2.45) is 5.73 Å². The van der Waals surface area contributed by atoms with E-state index in [0.29, 0.717) is 18.0 Å². The third kappa shape index (κ3) is 4.92. The van der Waals surface area contributed by atoms with Gasteiger partial charge in [-0.05, 0) is 31.2 Å². The van der Waals surface area contributed by atoms with Crippen molar-refractivity contribution in [2.45, 2.75) is 19.5 Å². The average Bonchev–Trinajstić information content (AvgIpc) is 2.89. The number of benzene rings is 1. The van der Waals surface area contributed by atoms with E-state index in [1.807, 2.05) is 0 Å². The molecule has 0 saturated carbocycles. The summed E-state index contributed by atoms with van der Waals surface area (Å²) in [7, 11) is 0. The second-order valence-electron chi connectivity index (χ2n) is 4.65. The molecule has 1 heterocycles. The minimum Gasteiger partial charge on any atom is -0.330 e. The number of nitrogens with one attached hydrogen (secondary N) is 1. The summed E-state index contributed by atoms with van der Waals surface area (Å²) < 4.78 is 38.5. The highest BCUT2D eigenvalue weighted by molar-refractivity contribution is 7.09. The lowest BCUT2D eigenvalue weighted by molar-refractivity contribution is -0.138. The number of aromatic nitrogens is 1. The van der Waals surface area contributed by atoms with Gasteiger partial charge in [-0.3, -0.25) is 4.79 Å². The fourth-order valence-corrected chi connectivity index (χ4v) is 2.65. The molecular weight excluding hydrogens is 351 g/mol. The van der Waals surface area contributed by atoms with Crippen molar-refractivity contribution >= 4 is 35.3 Å². The highest BCUT2D eigenvalue weighted by atomic mass is 35.5. The molecule has 4 nitrogen and oxygen atoms in total. The first kappa shape index (κ1) is 19.4. The summed E-state index contributed by atoms with van der Waals surface area (Å²) in [4.78, 5) is 16.1. The standard InChI is InChI=1S/C14H14F3N3OS.ClH/c1-8-2-3-9(6-10(8)14(15,16)17)19-13(21)11-7-22-12(20-11)4-5-18;/h2-3,6-7H,4-5,18H2,1H3,(H,19,21);1H. The number of aryl methyl sites for hydroxylation is 1. The molecule has 2 aromatic rings. The normalized spacial score (nSPS) is 11.0. The van der Waals surface area contributed by atoms with Gasteiger partial charge in [0.2, 0.25) is 0 Å². The summed E-state index contributed by atoms with van der Waals surface area (Å²) in [5, 5.41) is 4.70. The van der Waals surface area contributed by atoms with Crippen molar-refractivity contribution in [3.05, 3.63) is 45.4 Å². The number of rotatable bonds is 4. The Morgan fingerprint density at radius 1 is 1.39 bits per heavy atom. The lowest BCUT2D eigenvalue weighted by Gasteiger charge is -2.12. The number of alkyl halides is 3. The second kappa shape index (κ2) is 7.76. The van der Waals surface area contributed by atoms with Gasteiger partial charge in [0.25, 0.3) is 5.91 Å². The summed E-state index contributed by atoms with van der Waals surface area (Å²) >= 11 is 1.29. The third-order valence-corrected chi connectivity index (χ3v) is 3.85. The van der Waals surface area contributed by atoms with Gasteiger partial charge in [-0.2, -0.15) is 13.2 Å². The number of hydrogen-bond donors (Lipinski definition) is 2. The average molecular weight is 366 g/mol. The quantitative estimate of drug-likeness (QED) is 0.869. The van der Waals surface area contributed by atoms with Crippen LogP contribution < -0.4 is 11.1 Å². The van der Waals surface area contributed by atoms with Crippen LogP contribution in [-0.2, 0) is 12.6 Å². The summed E-state index contributed by atoms with van der Waals surface area (Å²) in [6.45, 7) is 1.79. The predicted molar refractivity (Wildman–Crippen MR) is 86.3 cm³/mol. The van der Waals surface area contributed by atoms with E-state index in [9.17, 15) is 18.0 Å². The number of carbonyl (C=O) groups is 1. The maximum absolute atomic E-state index is 12.8. The van der Waals surface area contributed by atoms with Crippen LogP contribution in [0.4, 0.5) is 18.9 Å². The first-order chi connectivity index (χ1) is 10.3. The van der Waals surface area contributed by atoms with Crippen LogP contribution >= 0.6 is 23.7 Å². The second-order valence-corrected chi connectivity index (χ2v) is 5.59. The zero-order chi connectivity index (χ0) is 16.3. The Morgan fingerprint density at radius 2 is 2.09 bits per heavy atom. The molecule has 0 radical (unpaired) electrons. The van der Waals surface area contributed by atoms with E-state index in [1.165, 1.54) is 30.4 Å². The summed E-state index contributed by atoms with van der Waals surface area (Å²) in [6, 6.07) is 3.66. The van der Waals surface area contributed by atoms with Gasteiger partial charge in [0.15, 0.2) is 0 Å². The Hall–Kier alpha value is -1.64. The molecule has 1 aromatic carbocycles. The number of hydrogen-bond acceptors (Lipinski definition) is 4. The van der Waals surface area contributed by atoms with E-state index in [0.717, 1.165) is 6.07 Å². The van der Waals surface area contributed by atoms with E-state index in [4.69, 9.17) is 5.73 Å². The largest absolute Gasteiger partial charge is 0.416 e. The molecule has 9 heteroatoms. The van der Waals surface area contributed by atoms with Crippen LogP contribution in [0.1, 0.15) is 26.6 Å². The Labute approximate surface area is 141 Å². The van der Waals surface area contributed by atoms with E-state index >= 15 is 0 Å². The first-order valence-corrected chi connectivity index (χ1v) is 7.33.